The van der Waals surface area contributed by atoms with E-state index in [2.05, 4.69) is 4.90 Å². The summed E-state index contributed by atoms with van der Waals surface area (Å²) in [5.74, 6) is 0.0695. The van der Waals surface area contributed by atoms with Crippen LogP contribution in [0.3, 0.4) is 0 Å². The highest BCUT2D eigenvalue weighted by Gasteiger charge is 2.31. The van der Waals surface area contributed by atoms with Crippen LogP contribution in [-0.2, 0) is 11.0 Å². The molecule has 1 aromatic carbocycles. The molecule has 7 heteroatoms. The normalized spacial score (nSPS) is 16.3. The zero-order valence-corrected chi connectivity index (χ0v) is 14.1. The number of anilines is 1. The van der Waals surface area contributed by atoms with Crippen molar-refractivity contribution in [1.82, 2.24) is 9.80 Å². The topological polar surface area (TPSA) is 26.8 Å². The summed E-state index contributed by atoms with van der Waals surface area (Å²) in [5, 5.41) is 0. The molecule has 0 unspecified atom stereocenters. The number of likely N-dealkylation sites (N-methyl/N-ethyl adjacent to an activating group) is 1. The number of carbonyl (C=O) groups excluding carboxylic acids is 1. The third-order valence-corrected chi connectivity index (χ3v) is 4.42. The number of rotatable bonds is 5. The van der Waals surface area contributed by atoms with Crippen LogP contribution < -0.4 is 4.90 Å². The summed E-state index contributed by atoms with van der Waals surface area (Å²) in [5.41, 5.74) is 0.00544. The third-order valence-electron chi connectivity index (χ3n) is 4.42. The summed E-state index contributed by atoms with van der Waals surface area (Å²) < 4.78 is 38.4. The van der Waals surface area contributed by atoms with Crippen LogP contribution in [0.25, 0.3) is 0 Å². The molecule has 0 radical (unpaired) electrons. The van der Waals surface area contributed by atoms with Crippen LogP contribution in [0.2, 0.25) is 0 Å². The van der Waals surface area contributed by atoms with Gasteiger partial charge in [0.05, 0.1) is 5.56 Å². The van der Waals surface area contributed by atoms with E-state index in [1.807, 2.05) is 11.8 Å². The maximum atomic E-state index is 12.8. The minimum Gasteiger partial charge on any atom is -0.369 e. The predicted octanol–water partition coefficient (Wildman–Crippen LogP) is 2.70. The van der Waals surface area contributed by atoms with Crippen LogP contribution in [0, 0.1) is 0 Å². The molecule has 4 nitrogen and oxygen atoms in total. The van der Waals surface area contributed by atoms with E-state index >= 15 is 0 Å². The standard InChI is InChI=1S/C17H24F3N3O/c1-3-22(14(2)24)10-7-21-8-11-23(12-9-21)16-6-4-5-15(13-16)17(18,19)20/h4-6,13H,3,7-12H2,1-2H3. The molecule has 0 N–H and O–H groups in total. The van der Waals surface area contributed by atoms with Gasteiger partial charge in [0.1, 0.15) is 0 Å². The Bertz CT molecular complexity index is 554. The molecule has 134 valence electrons. The molecule has 1 aliphatic heterocycles. The fraction of sp³-hybridized carbons (Fsp3) is 0.588. The molecule has 1 fully saturated rings. The molecule has 1 saturated heterocycles. The molecule has 0 aliphatic carbocycles. The molecular formula is C17H24F3N3O. The molecule has 24 heavy (non-hydrogen) atoms. The van der Waals surface area contributed by atoms with Crippen molar-refractivity contribution in [2.45, 2.75) is 20.0 Å². The third kappa shape index (κ3) is 4.87. The average molecular weight is 343 g/mol. The first-order chi connectivity index (χ1) is 11.3. The van der Waals surface area contributed by atoms with Gasteiger partial charge in [0.25, 0.3) is 0 Å². The largest absolute Gasteiger partial charge is 0.416 e. The van der Waals surface area contributed by atoms with Crippen LogP contribution in [0.15, 0.2) is 24.3 Å². The summed E-state index contributed by atoms with van der Waals surface area (Å²) in [7, 11) is 0. The Labute approximate surface area is 140 Å². The van der Waals surface area contributed by atoms with Crippen LogP contribution >= 0.6 is 0 Å². The van der Waals surface area contributed by atoms with Crippen molar-refractivity contribution in [2.24, 2.45) is 0 Å². The van der Waals surface area contributed by atoms with Gasteiger partial charge in [-0.05, 0) is 25.1 Å². The van der Waals surface area contributed by atoms with E-state index in [0.29, 0.717) is 31.9 Å². The molecule has 0 aromatic heterocycles. The van der Waals surface area contributed by atoms with E-state index < -0.39 is 11.7 Å². The second kappa shape index (κ2) is 7.88. The van der Waals surface area contributed by atoms with Crippen molar-refractivity contribution < 1.29 is 18.0 Å². The van der Waals surface area contributed by atoms with E-state index in [1.165, 1.54) is 12.1 Å². The number of hydrogen-bond donors (Lipinski definition) is 0. The molecule has 1 amide bonds. The highest BCUT2D eigenvalue weighted by atomic mass is 19.4. The highest BCUT2D eigenvalue weighted by molar-refractivity contribution is 5.73. The Kier molecular flexibility index (Phi) is 6.10. The Morgan fingerprint density at radius 2 is 1.88 bits per heavy atom. The predicted molar refractivity (Wildman–Crippen MR) is 88.0 cm³/mol. The number of carbonyl (C=O) groups is 1. The molecule has 0 atom stereocenters. The SMILES string of the molecule is CCN(CCN1CCN(c2cccc(C(F)(F)F)c2)CC1)C(C)=O. The van der Waals surface area contributed by atoms with E-state index in [0.717, 1.165) is 25.7 Å². The van der Waals surface area contributed by atoms with Gasteiger partial charge < -0.3 is 9.80 Å². The molecule has 1 heterocycles. The van der Waals surface area contributed by atoms with Gasteiger partial charge in [-0.3, -0.25) is 9.69 Å². The van der Waals surface area contributed by atoms with Crippen LogP contribution in [-0.4, -0.2) is 61.5 Å². The van der Waals surface area contributed by atoms with Crippen LogP contribution in [0.4, 0.5) is 18.9 Å². The minimum absolute atomic E-state index is 0.0695. The summed E-state index contributed by atoms with van der Waals surface area (Å²) >= 11 is 0. The number of nitrogens with zero attached hydrogens (tertiary/aromatic N) is 3. The maximum Gasteiger partial charge on any atom is 0.416 e. The van der Waals surface area contributed by atoms with E-state index in [4.69, 9.17) is 0 Å². The van der Waals surface area contributed by atoms with Crippen molar-refractivity contribution >= 4 is 11.6 Å². The first-order valence-electron chi connectivity index (χ1n) is 8.21. The monoisotopic (exact) mass is 343 g/mol. The first kappa shape index (κ1) is 18.6. The Morgan fingerprint density at radius 3 is 2.42 bits per heavy atom. The fourth-order valence-corrected chi connectivity index (χ4v) is 2.91. The number of amides is 1. The van der Waals surface area contributed by atoms with Crippen molar-refractivity contribution in [2.75, 3.05) is 50.7 Å². The van der Waals surface area contributed by atoms with Crippen molar-refractivity contribution in [1.29, 1.82) is 0 Å². The van der Waals surface area contributed by atoms with Gasteiger partial charge in [-0.1, -0.05) is 6.07 Å². The van der Waals surface area contributed by atoms with Gasteiger partial charge >= 0.3 is 6.18 Å². The lowest BCUT2D eigenvalue weighted by molar-refractivity contribution is -0.137. The van der Waals surface area contributed by atoms with Gasteiger partial charge in [0.2, 0.25) is 5.91 Å². The number of benzene rings is 1. The van der Waals surface area contributed by atoms with E-state index in [9.17, 15) is 18.0 Å². The molecule has 0 bridgehead atoms. The Morgan fingerprint density at radius 1 is 1.21 bits per heavy atom. The van der Waals surface area contributed by atoms with Gasteiger partial charge in [-0.15, -0.1) is 0 Å². The molecule has 0 spiro atoms. The Balaban J connectivity index is 1.88. The van der Waals surface area contributed by atoms with Crippen molar-refractivity contribution in [3.05, 3.63) is 29.8 Å². The molecular weight excluding hydrogens is 319 g/mol. The van der Waals surface area contributed by atoms with Crippen LogP contribution in [0.5, 0.6) is 0 Å². The average Bonchev–Trinajstić information content (AvgIpc) is 2.55. The zero-order chi connectivity index (χ0) is 17.7. The number of alkyl halides is 3. The quantitative estimate of drug-likeness (QED) is 0.822. The number of piperazine rings is 1. The summed E-state index contributed by atoms with van der Waals surface area (Å²) in [6, 6.07) is 5.49. The first-order valence-corrected chi connectivity index (χ1v) is 8.21. The Hall–Kier alpha value is -1.76. The van der Waals surface area contributed by atoms with E-state index in [1.54, 1.807) is 17.9 Å². The molecule has 1 aliphatic rings. The van der Waals surface area contributed by atoms with Crippen molar-refractivity contribution in [3.63, 3.8) is 0 Å². The zero-order valence-electron chi connectivity index (χ0n) is 14.1. The minimum atomic E-state index is -4.31. The smallest absolute Gasteiger partial charge is 0.369 e. The van der Waals surface area contributed by atoms with Gasteiger partial charge in [-0.2, -0.15) is 13.2 Å². The lowest BCUT2D eigenvalue weighted by Gasteiger charge is -2.37. The summed E-state index contributed by atoms with van der Waals surface area (Å²) in [4.78, 5) is 17.4. The summed E-state index contributed by atoms with van der Waals surface area (Å²) in [6.07, 6.45) is -4.31. The van der Waals surface area contributed by atoms with Crippen LogP contribution in [0.1, 0.15) is 19.4 Å². The number of halogens is 3. The molecule has 2 rings (SSSR count). The molecule has 1 aromatic rings. The van der Waals surface area contributed by atoms with E-state index in [-0.39, 0.29) is 5.91 Å². The van der Waals surface area contributed by atoms with Gasteiger partial charge in [-0.25, -0.2) is 0 Å². The van der Waals surface area contributed by atoms with Crippen molar-refractivity contribution in [3.8, 4) is 0 Å². The summed E-state index contributed by atoms with van der Waals surface area (Å²) in [6.45, 7) is 8.64. The molecule has 0 saturated carbocycles. The highest BCUT2D eigenvalue weighted by Crippen LogP contribution is 2.31. The second-order valence-electron chi connectivity index (χ2n) is 5.98. The second-order valence-corrected chi connectivity index (χ2v) is 5.98. The van der Waals surface area contributed by atoms with Gasteiger partial charge in [0.15, 0.2) is 0 Å². The lowest BCUT2D eigenvalue weighted by Crippen LogP contribution is -2.49. The lowest BCUT2D eigenvalue weighted by atomic mass is 10.1. The van der Waals surface area contributed by atoms with Gasteiger partial charge in [0, 0.05) is 58.4 Å². The fourth-order valence-electron chi connectivity index (χ4n) is 2.91. The number of hydrogen-bond acceptors (Lipinski definition) is 3. The maximum absolute atomic E-state index is 12.8.